The molecule has 1 aromatic heterocycles. The van der Waals surface area contributed by atoms with Crippen molar-refractivity contribution in [3.8, 4) is 5.75 Å². The summed E-state index contributed by atoms with van der Waals surface area (Å²) in [6.45, 7) is 2.41. The lowest BCUT2D eigenvalue weighted by Gasteiger charge is -2.14. The van der Waals surface area contributed by atoms with Crippen LogP contribution in [-0.2, 0) is 12.8 Å². The van der Waals surface area contributed by atoms with Crippen molar-refractivity contribution in [1.82, 2.24) is 4.98 Å². The molecule has 0 radical (unpaired) electrons. The van der Waals surface area contributed by atoms with E-state index in [1.54, 1.807) is 17.4 Å². The third-order valence-electron chi connectivity index (χ3n) is 2.93. The van der Waals surface area contributed by atoms with Gasteiger partial charge in [0.15, 0.2) is 11.7 Å². The number of benzene rings is 1. The van der Waals surface area contributed by atoms with E-state index < -0.39 is 6.36 Å². The van der Waals surface area contributed by atoms with Crippen molar-refractivity contribution < 1.29 is 17.9 Å². The zero-order chi connectivity index (χ0) is 17.6. The number of aromatic nitrogens is 1. The molecule has 0 amide bonds. The van der Waals surface area contributed by atoms with Gasteiger partial charge in [0.1, 0.15) is 0 Å². The fourth-order valence-electron chi connectivity index (χ4n) is 1.88. The molecule has 0 spiro atoms. The number of guanidine groups is 1. The van der Waals surface area contributed by atoms with Crippen LogP contribution in [0, 0.1) is 0 Å². The number of alkyl halides is 3. The SMILES string of the molecule is CCc1nc(CCN=C(N)Nc2ccccc2OC(F)(F)F)cs1. The molecule has 0 fully saturated rings. The van der Waals surface area contributed by atoms with Gasteiger partial charge in [-0.2, -0.15) is 0 Å². The Kier molecular flexibility index (Phi) is 6.02. The summed E-state index contributed by atoms with van der Waals surface area (Å²) in [5, 5.41) is 5.64. The number of nitrogens with two attached hydrogens (primary N) is 1. The fraction of sp³-hybridized carbons (Fsp3) is 0.333. The van der Waals surface area contributed by atoms with Gasteiger partial charge in [-0.05, 0) is 18.6 Å². The average molecular weight is 358 g/mol. The molecule has 24 heavy (non-hydrogen) atoms. The van der Waals surface area contributed by atoms with Crippen LogP contribution in [0.2, 0.25) is 0 Å². The minimum absolute atomic E-state index is 0.0131. The lowest BCUT2D eigenvalue weighted by Crippen LogP contribution is -2.24. The van der Waals surface area contributed by atoms with Crippen LogP contribution in [0.1, 0.15) is 17.6 Å². The molecule has 0 aliphatic rings. The molecule has 0 aliphatic carbocycles. The first kappa shape index (κ1) is 18.1. The number of aryl methyl sites for hydroxylation is 1. The molecule has 0 saturated carbocycles. The standard InChI is InChI=1S/C15H17F3N4OS/c1-2-13-21-10(9-24-13)7-8-20-14(19)22-11-5-3-4-6-12(11)23-15(16,17)18/h3-6,9H,2,7-8H2,1H3,(H3,19,20,22). The molecule has 5 nitrogen and oxygen atoms in total. The molecule has 0 bridgehead atoms. The maximum Gasteiger partial charge on any atom is 0.573 e. The summed E-state index contributed by atoms with van der Waals surface area (Å²) < 4.78 is 41.0. The zero-order valence-electron chi connectivity index (χ0n) is 12.9. The van der Waals surface area contributed by atoms with Gasteiger partial charge in [-0.3, -0.25) is 4.99 Å². The second kappa shape index (κ2) is 8.00. The molecule has 0 unspecified atom stereocenters. The lowest BCUT2D eigenvalue weighted by molar-refractivity contribution is -0.274. The zero-order valence-corrected chi connectivity index (χ0v) is 13.7. The highest BCUT2D eigenvalue weighted by Gasteiger charge is 2.32. The molecule has 1 aromatic carbocycles. The minimum atomic E-state index is -4.77. The van der Waals surface area contributed by atoms with Crippen molar-refractivity contribution in [3.05, 3.63) is 40.3 Å². The molecule has 3 N–H and O–H groups in total. The first-order valence-electron chi connectivity index (χ1n) is 7.22. The Morgan fingerprint density at radius 3 is 2.79 bits per heavy atom. The van der Waals surface area contributed by atoms with E-state index in [2.05, 4.69) is 20.0 Å². The summed E-state index contributed by atoms with van der Waals surface area (Å²) in [6.07, 6.45) is -3.28. The van der Waals surface area contributed by atoms with E-state index in [1.807, 2.05) is 12.3 Å². The third-order valence-corrected chi connectivity index (χ3v) is 3.97. The maximum atomic E-state index is 12.4. The van der Waals surface area contributed by atoms with Crippen LogP contribution in [0.3, 0.4) is 0 Å². The first-order chi connectivity index (χ1) is 11.4. The summed E-state index contributed by atoms with van der Waals surface area (Å²) in [5.41, 5.74) is 6.74. The van der Waals surface area contributed by atoms with E-state index in [0.29, 0.717) is 13.0 Å². The molecule has 0 saturated heterocycles. The summed E-state index contributed by atoms with van der Waals surface area (Å²) in [5.74, 6) is -0.352. The number of rotatable bonds is 6. The van der Waals surface area contributed by atoms with Gasteiger partial charge in [-0.1, -0.05) is 19.1 Å². The normalized spacial score (nSPS) is 12.2. The van der Waals surface area contributed by atoms with Crippen molar-refractivity contribution >= 4 is 23.0 Å². The van der Waals surface area contributed by atoms with Gasteiger partial charge in [-0.15, -0.1) is 24.5 Å². The lowest BCUT2D eigenvalue weighted by atomic mass is 10.3. The molecule has 0 aliphatic heterocycles. The summed E-state index contributed by atoms with van der Waals surface area (Å²) in [7, 11) is 0. The molecule has 1 heterocycles. The Labute approximate surface area is 141 Å². The third kappa shape index (κ3) is 5.73. The number of para-hydroxylation sites is 2. The van der Waals surface area contributed by atoms with Crippen molar-refractivity contribution in [2.75, 3.05) is 11.9 Å². The number of hydrogen-bond acceptors (Lipinski definition) is 4. The van der Waals surface area contributed by atoms with E-state index in [9.17, 15) is 13.2 Å². The molecule has 2 rings (SSSR count). The Hall–Kier alpha value is -2.29. The maximum absolute atomic E-state index is 12.4. The predicted molar refractivity (Wildman–Crippen MR) is 88.4 cm³/mol. The molecule has 0 atom stereocenters. The van der Waals surface area contributed by atoms with E-state index in [1.165, 1.54) is 18.2 Å². The Morgan fingerprint density at radius 1 is 1.38 bits per heavy atom. The van der Waals surface area contributed by atoms with E-state index in [-0.39, 0.29) is 17.4 Å². The van der Waals surface area contributed by atoms with E-state index >= 15 is 0 Å². The smallest absolute Gasteiger partial charge is 0.404 e. The number of anilines is 1. The van der Waals surface area contributed by atoms with Crippen molar-refractivity contribution in [2.24, 2.45) is 10.7 Å². The second-order valence-electron chi connectivity index (χ2n) is 4.77. The Bertz CT molecular complexity index is 700. The number of hydrogen-bond donors (Lipinski definition) is 2. The van der Waals surface area contributed by atoms with Crippen LogP contribution < -0.4 is 15.8 Å². The van der Waals surface area contributed by atoms with Gasteiger partial charge >= 0.3 is 6.36 Å². The van der Waals surface area contributed by atoms with Gasteiger partial charge < -0.3 is 15.8 Å². The van der Waals surface area contributed by atoms with Gasteiger partial charge in [0.05, 0.1) is 16.4 Å². The van der Waals surface area contributed by atoms with Gasteiger partial charge in [0, 0.05) is 18.3 Å². The molecule has 9 heteroatoms. The molecule has 130 valence electrons. The fourth-order valence-corrected chi connectivity index (χ4v) is 2.66. The first-order valence-corrected chi connectivity index (χ1v) is 8.10. The average Bonchev–Trinajstić information content (AvgIpc) is 2.96. The van der Waals surface area contributed by atoms with Crippen molar-refractivity contribution in [1.29, 1.82) is 0 Å². The van der Waals surface area contributed by atoms with Crippen molar-refractivity contribution in [3.63, 3.8) is 0 Å². The van der Waals surface area contributed by atoms with Gasteiger partial charge in [0.25, 0.3) is 0 Å². The predicted octanol–water partition coefficient (Wildman–Crippen LogP) is 3.57. The molecular weight excluding hydrogens is 341 g/mol. The Morgan fingerprint density at radius 2 is 2.12 bits per heavy atom. The number of thiazole rings is 1. The highest BCUT2D eigenvalue weighted by Crippen LogP contribution is 2.29. The highest BCUT2D eigenvalue weighted by atomic mass is 32.1. The summed E-state index contributed by atoms with van der Waals surface area (Å²) in [4.78, 5) is 8.51. The minimum Gasteiger partial charge on any atom is -0.404 e. The number of aliphatic imine (C=N–C) groups is 1. The van der Waals surface area contributed by atoms with Crippen LogP contribution in [0.4, 0.5) is 18.9 Å². The summed E-state index contributed by atoms with van der Waals surface area (Å²) >= 11 is 1.59. The second-order valence-corrected chi connectivity index (χ2v) is 5.71. The van der Waals surface area contributed by atoms with E-state index in [0.717, 1.165) is 17.1 Å². The Balaban J connectivity index is 1.95. The van der Waals surface area contributed by atoms with Gasteiger partial charge in [0.2, 0.25) is 0 Å². The van der Waals surface area contributed by atoms with Crippen LogP contribution in [-0.4, -0.2) is 23.9 Å². The molecular formula is C15H17F3N4OS. The summed E-state index contributed by atoms with van der Waals surface area (Å²) in [6, 6.07) is 5.63. The van der Waals surface area contributed by atoms with Crippen molar-refractivity contribution in [2.45, 2.75) is 26.1 Å². The van der Waals surface area contributed by atoms with Crippen LogP contribution in [0.25, 0.3) is 0 Å². The number of halogens is 3. The number of nitrogens with zero attached hydrogens (tertiary/aromatic N) is 2. The number of nitrogens with one attached hydrogen (secondary N) is 1. The topological polar surface area (TPSA) is 72.5 Å². The van der Waals surface area contributed by atoms with Gasteiger partial charge in [-0.25, -0.2) is 4.98 Å². The molecule has 2 aromatic rings. The van der Waals surface area contributed by atoms with Crippen LogP contribution in [0.5, 0.6) is 5.75 Å². The highest BCUT2D eigenvalue weighted by molar-refractivity contribution is 7.09. The van der Waals surface area contributed by atoms with Crippen LogP contribution >= 0.6 is 11.3 Å². The monoisotopic (exact) mass is 358 g/mol. The quantitative estimate of drug-likeness (QED) is 0.612. The van der Waals surface area contributed by atoms with E-state index in [4.69, 9.17) is 5.73 Å². The number of ether oxygens (including phenoxy) is 1. The van der Waals surface area contributed by atoms with Crippen LogP contribution in [0.15, 0.2) is 34.6 Å². The largest absolute Gasteiger partial charge is 0.573 e.